The van der Waals surface area contributed by atoms with Crippen molar-refractivity contribution in [2.75, 3.05) is 11.9 Å². The van der Waals surface area contributed by atoms with Gasteiger partial charge in [-0.15, -0.1) is 0 Å². The van der Waals surface area contributed by atoms with E-state index in [9.17, 15) is 14.3 Å². The Hall–Kier alpha value is -1.82. The van der Waals surface area contributed by atoms with Gasteiger partial charge in [-0.1, -0.05) is 0 Å². The highest BCUT2D eigenvalue weighted by atomic mass is 19.1. The van der Waals surface area contributed by atoms with Crippen LogP contribution in [0.25, 0.3) is 0 Å². The molecule has 126 valence electrons. The van der Waals surface area contributed by atoms with Crippen LogP contribution in [0.4, 0.5) is 14.9 Å². The lowest BCUT2D eigenvalue weighted by molar-refractivity contribution is 0.115. The third-order valence-corrected chi connectivity index (χ3v) is 4.74. The Morgan fingerprint density at radius 1 is 1.39 bits per heavy atom. The maximum absolute atomic E-state index is 14.0. The van der Waals surface area contributed by atoms with E-state index in [-0.39, 0.29) is 18.5 Å². The number of hydrogen-bond donors (Lipinski definition) is 3. The largest absolute Gasteiger partial charge is 0.487 e. The van der Waals surface area contributed by atoms with Gasteiger partial charge in [0, 0.05) is 11.8 Å². The molecule has 2 amide bonds. The molecule has 23 heavy (non-hydrogen) atoms. The summed E-state index contributed by atoms with van der Waals surface area (Å²) in [6.45, 7) is 1.70. The molecular weight excluding hydrogens is 299 g/mol. The lowest BCUT2D eigenvalue weighted by Gasteiger charge is -2.29. The molecule has 0 aliphatic heterocycles. The number of aliphatic hydroxyl groups excluding tert-OH is 1. The van der Waals surface area contributed by atoms with Gasteiger partial charge < -0.3 is 20.5 Å². The van der Waals surface area contributed by atoms with Crippen LogP contribution in [0, 0.1) is 11.7 Å². The van der Waals surface area contributed by atoms with E-state index in [1.165, 1.54) is 12.1 Å². The van der Waals surface area contributed by atoms with Crippen molar-refractivity contribution in [2.45, 2.75) is 50.7 Å². The molecule has 2 aliphatic carbocycles. The zero-order valence-corrected chi connectivity index (χ0v) is 13.3. The monoisotopic (exact) mass is 322 g/mol. The molecule has 0 spiro atoms. The van der Waals surface area contributed by atoms with Gasteiger partial charge in [-0.25, -0.2) is 9.18 Å². The normalized spacial score (nSPS) is 20.3. The highest BCUT2D eigenvalue weighted by Gasteiger charge is 2.42. The predicted octanol–water partition coefficient (Wildman–Crippen LogP) is 3.04. The molecule has 0 saturated heterocycles. The van der Waals surface area contributed by atoms with Crippen LogP contribution in [0.5, 0.6) is 5.75 Å². The molecule has 0 heterocycles. The molecule has 6 heteroatoms. The summed E-state index contributed by atoms with van der Waals surface area (Å²) in [5.41, 5.74) is -0.271. The molecule has 3 rings (SSSR count). The van der Waals surface area contributed by atoms with Crippen molar-refractivity contribution in [3.8, 4) is 5.75 Å². The average molecular weight is 322 g/mol. The van der Waals surface area contributed by atoms with Crippen LogP contribution in [0.1, 0.15) is 39.0 Å². The lowest BCUT2D eigenvalue weighted by Crippen LogP contribution is -2.52. The number of amides is 2. The minimum absolute atomic E-state index is 0.107. The second-order valence-corrected chi connectivity index (χ2v) is 6.74. The third-order valence-electron chi connectivity index (χ3n) is 4.74. The summed E-state index contributed by atoms with van der Waals surface area (Å²) in [4.78, 5) is 12.1. The van der Waals surface area contributed by atoms with Gasteiger partial charge >= 0.3 is 6.03 Å². The first-order chi connectivity index (χ1) is 11.0. The minimum atomic E-state index is -0.629. The lowest BCUT2D eigenvalue weighted by atomic mass is 9.96. The molecule has 2 aliphatic rings. The van der Waals surface area contributed by atoms with Crippen LogP contribution < -0.4 is 15.4 Å². The van der Waals surface area contributed by atoms with Crippen molar-refractivity contribution in [3.63, 3.8) is 0 Å². The van der Waals surface area contributed by atoms with Crippen LogP contribution in [0.15, 0.2) is 18.2 Å². The standard InChI is InChI=1S/C17H23FN2O3/c1-17(10-21,11-5-6-11)20-16(22)19-12-7-8-15(14(18)9-12)23-13-3-2-4-13/h7-9,11,13,21H,2-6,10H2,1H3,(H2,19,20,22). The Bertz CT molecular complexity index is 587. The fourth-order valence-electron chi connectivity index (χ4n) is 2.76. The number of hydrogen-bond acceptors (Lipinski definition) is 3. The Balaban J connectivity index is 1.58. The highest BCUT2D eigenvalue weighted by Crippen LogP contribution is 2.39. The summed E-state index contributed by atoms with van der Waals surface area (Å²) in [7, 11) is 0. The van der Waals surface area contributed by atoms with E-state index in [0.717, 1.165) is 32.1 Å². The zero-order valence-electron chi connectivity index (χ0n) is 13.3. The number of aliphatic hydroxyl groups is 1. The molecule has 2 fully saturated rings. The molecule has 1 aromatic rings. The Labute approximate surface area is 135 Å². The maximum atomic E-state index is 14.0. The first kappa shape index (κ1) is 16.1. The molecule has 1 aromatic carbocycles. The molecule has 0 aromatic heterocycles. The number of ether oxygens (including phenoxy) is 1. The minimum Gasteiger partial charge on any atom is -0.487 e. The molecule has 5 nitrogen and oxygen atoms in total. The van der Waals surface area contributed by atoms with E-state index >= 15 is 0 Å². The van der Waals surface area contributed by atoms with Crippen LogP contribution in [-0.2, 0) is 0 Å². The summed E-state index contributed by atoms with van der Waals surface area (Å²) < 4.78 is 19.6. The number of carbonyl (C=O) groups excluding carboxylic acids is 1. The van der Waals surface area contributed by atoms with E-state index in [4.69, 9.17) is 4.74 Å². The first-order valence-corrected chi connectivity index (χ1v) is 8.16. The van der Waals surface area contributed by atoms with E-state index < -0.39 is 17.4 Å². The van der Waals surface area contributed by atoms with Gasteiger partial charge in [0.25, 0.3) is 0 Å². The van der Waals surface area contributed by atoms with E-state index in [2.05, 4.69) is 10.6 Å². The van der Waals surface area contributed by atoms with Crippen LogP contribution in [0.2, 0.25) is 0 Å². The van der Waals surface area contributed by atoms with Gasteiger partial charge in [0.05, 0.1) is 18.2 Å². The fourth-order valence-corrected chi connectivity index (χ4v) is 2.76. The SMILES string of the molecule is CC(CO)(NC(=O)Nc1ccc(OC2CCC2)c(F)c1)C1CC1. The number of anilines is 1. The quantitative estimate of drug-likeness (QED) is 0.754. The second-order valence-electron chi connectivity index (χ2n) is 6.74. The van der Waals surface area contributed by atoms with Crippen molar-refractivity contribution in [3.05, 3.63) is 24.0 Å². The molecular formula is C17H23FN2O3. The van der Waals surface area contributed by atoms with Gasteiger partial charge in [-0.3, -0.25) is 0 Å². The smallest absolute Gasteiger partial charge is 0.319 e. The maximum Gasteiger partial charge on any atom is 0.319 e. The topological polar surface area (TPSA) is 70.6 Å². The van der Waals surface area contributed by atoms with Crippen LogP contribution in [0.3, 0.4) is 0 Å². The fraction of sp³-hybridized carbons (Fsp3) is 0.588. The molecule has 2 saturated carbocycles. The number of urea groups is 1. The summed E-state index contributed by atoms with van der Waals surface area (Å²) >= 11 is 0. The summed E-state index contributed by atoms with van der Waals surface area (Å²) in [6, 6.07) is 3.96. The Morgan fingerprint density at radius 3 is 2.65 bits per heavy atom. The molecule has 1 atom stereocenters. The van der Waals surface area contributed by atoms with E-state index in [1.807, 2.05) is 6.92 Å². The van der Waals surface area contributed by atoms with Crippen molar-refractivity contribution in [1.29, 1.82) is 0 Å². The highest BCUT2D eigenvalue weighted by molar-refractivity contribution is 5.89. The Morgan fingerprint density at radius 2 is 2.13 bits per heavy atom. The number of halogens is 1. The zero-order chi connectivity index (χ0) is 16.4. The van der Waals surface area contributed by atoms with Crippen molar-refractivity contribution in [2.24, 2.45) is 5.92 Å². The number of carbonyl (C=O) groups is 1. The second kappa shape index (κ2) is 6.35. The van der Waals surface area contributed by atoms with E-state index in [1.54, 1.807) is 6.07 Å². The average Bonchev–Trinajstić information content (AvgIpc) is 3.29. The summed E-state index contributed by atoms with van der Waals surface area (Å²) in [6.07, 6.45) is 5.15. The van der Waals surface area contributed by atoms with Gasteiger partial charge in [0.2, 0.25) is 0 Å². The summed E-state index contributed by atoms with van der Waals surface area (Å²) in [5, 5.41) is 14.9. The van der Waals surface area contributed by atoms with Gasteiger partial charge in [-0.2, -0.15) is 0 Å². The van der Waals surface area contributed by atoms with Crippen molar-refractivity contribution < 1.29 is 19.0 Å². The van der Waals surface area contributed by atoms with Crippen LogP contribution >= 0.6 is 0 Å². The number of benzene rings is 1. The predicted molar refractivity (Wildman–Crippen MR) is 85.0 cm³/mol. The molecule has 1 unspecified atom stereocenters. The van der Waals surface area contributed by atoms with Gasteiger partial charge in [-0.05, 0) is 57.1 Å². The van der Waals surface area contributed by atoms with Crippen LogP contribution in [-0.4, -0.2) is 29.4 Å². The van der Waals surface area contributed by atoms with E-state index in [0.29, 0.717) is 11.6 Å². The van der Waals surface area contributed by atoms with Crippen molar-refractivity contribution >= 4 is 11.7 Å². The first-order valence-electron chi connectivity index (χ1n) is 8.16. The molecule has 0 radical (unpaired) electrons. The molecule has 3 N–H and O–H groups in total. The third kappa shape index (κ3) is 3.75. The number of nitrogens with one attached hydrogen (secondary N) is 2. The van der Waals surface area contributed by atoms with Gasteiger partial charge in [0.1, 0.15) is 0 Å². The van der Waals surface area contributed by atoms with Crippen molar-refractivity contribution in [1.82, 2.24) is 5.32 Å². The number of rotatable bonds is 6. The molecule has 0 bridgehead atoms. The Kier molecular flexibility index (Phi) is 4.43. The summed E-state index contributed by atoms with van der Waals surface area (Å²) in [5.74, 6) is 0.0360. The van der Waals surface area contributed by atoms with Gasteiger partial charge in [0.15, 0.2) is 11.6 Å².